The summed E-state index contributed by atoms with van der Waals surface area (Å²) in [5, 5.41) is 1.52. The van der Waals surface area contributed by atoms with Crippen LogP contribution < -0.4 is 11.3 Å². The van der Waals surface area contributed by atoms with Gasteiger partial charge in [0.15, 0.2) is 0 Å². The van der Waals surface area contributed by atoms with Crippen molar-refractivity contribution in [3.05, 3.63) is 40.8 Å². The molecule has 0 aliphatic carbocycles. The Morgan fingerprint density at radius 3 is 2.59 bits per heavy atom. The number of aromatic nitrogens is 1. The van der Waals surface area contributed by atoms with Crippen LogP contribution in [0.2, 0.25) is 0 Å². The number of hydrogen-bond donors (Lipinski definition) is 1. The minimum absolute atomic E-state index is 0.0293. The molecule has 1 aromatic heterocycles. The van der Waals surface area contributed by atoms with E-state index >= 15 is 0 Å². The first-order valence-electron chi connectivity index (χ1n) is 5.87. The minimum atomic E-state index is -0.171. The molecule has 2 aromatic rings. The molecule has 1 heterocycles. The zero-order chi connectivity index (χ0) is 12.6. The molecule has 90 valence electrons. The Balaban J connectivity index is 2.80. The van der Waals surface area contributed by atoms with Gasteiger partial charge in [-0.1, -0.05) is 13.0 Å². The number of nitrogens with zero attached hydrogens (tertiary/aromatic N) is 1. The average molecular weight is 230 g/mol. The third-order valence-electron chi connectivity index (χ3n) is 3.50. The predicted octanol–water partition coefficient (Wildman–Crippen LogP) is 2.73. The van der Waals surface area contributed by atoms with Crippen molar-refractivity contribution in [3.8, 4) is 0 Å². The van der Waals surface area contributed by atoms with Crippen LogP contribution in [0.15, 0.2) is 35.3 Å². The van der Waals surface area contributed by atoms with Crippen LogP contribution in [0.1, 0.15) is 27.2 Å². The van der Waals surface area contributed by atoms with Crippen molar-refractivity contribution >= 4 is 16.5 Å². The molecule has 0 atom stereocenters. The Labute approximate surface area is 101 Å². The van der Waals surface area contributed by atoms with Crippen molar-refractivity contribution in [1.82, 2.24) is 4.57 Å². The lowest BCUT2D eigenvalue weighted by molar-refractivity contribution is 0.333. The first-order valence-corrected chi connectivity index (χ1v) is 5.87. The lowest BCUT2D eigenvalue weighted by Gasteiger charge is -2.26. The molecule has 3 heteroatoms. The van der Waals surface area contributed by atoms with Crippen molar-refractivity contribution in [3.63, 3.8) is 0 Å². The van der Waals surface area contributed by atoms with E-state index < -0.39 is 0 Å². The van der Waals surface area contributed by atoms with E-state index in [0.29, 0.717) is 11.1 Å². The summed E-state index contributed by atoms with van der Waals surface area (Å²) in [7, 11) is 0. The van der Waals surface area contributed by atoms with Crippen molar-refractivity contribution in [2.45, 2.75) is 32.7 Å². The fourth-order valence-electron chi connectivity index (χ4n) is 1.95. The maximum absolute atomic E-state index is 12.4. The van der Waals surface area contributed by atoms with Crippen LogP contribution in [0, 0.1) is 0 Å². The van der Waals surface area contributed by atoms with Gasteiger partial charge in [0.25, 0.3) is 5.56 Å². The predicted molar refractivity (Wildman–Crippen MR) is 72.2 cm³/mol. The van der Waals surface area contributed by atoms with E-state index in [1.807, 2.05) is 30.5 Å². The Bertz CT molecular complexity index is 611. The number of rotatable bonds is 2. The molecule has 0 saturated carbocycles. The van der Waals surface area contributed by atoms with Crippen LogP contribution in [-0.4, -0.2) is 4.57 Å². The Hall–Kier alpha value is -1.77. The summed E-state index contributed by atoms with van der Waals surface area (Å²) in [5.41, 5.74) is 6.38. The Kier molecular flexibility index (Phi) is 2.69. The molecule has 17 heavy (non-hydrogen) atoms. The number of benzene rings is 1. The lowest BCUT2D eigenvalue weighted by atomic mass is 10.0. The fraction of sp³-hybridized carbons (Fsp3) is 0.357. The van der Waals surface area contributed by atoms with Gasteiger partial charge in [0.1, 0.15) is 0 Å². The maximum Gasteiger partial charge on any atom is 0.258 e. The monoisotopic (exact) mass is 230 g/mol. The molecule has 2 rings (SSSR count). The Morgan fingerprint density at radius 2 is 1.94 bits per heavy atom. The van der Waals surface area contributed by atoms with E-state index in [2.05, 4.69) is 20.8 Å². The van der Waals surface area contributed by atoms with E-state index in [-0.39, 0.29) is 11.1 Å². The van der Waals surface area contributed by atoms with Gasteiger partial charge in [0, 0.05) is 28.2 Å². The average Bonchev–Trinajstić information content (AvgIpc) is 2.30. The molecular formula is C14H18N2O. The molecule has 0 bridgehead atoms. The van der Waals surface area contributed by atoms with Gasteiger partial charge in [-0.25, -0.2) is 0 Å². The number of fused-ring (bicyclic) bond motifs is 1. The largest absolute Gasteiger partial charge is 0.398 e. The van der Waals surface area contributed by atoms with Crippen LogP contribution in [-0.2, 0) is 5.54 Å². The summed E-state index contributed by atoms with van der Waals surface area (Å²) < 4.78 is 1.79. The highest BCUT2D eigenvalue weighted by Gasteiger charge is 2.19. The third kappa shape index (κ3) is 1.82. The van der Waals surface area contributed by atoms with Crippen molar-refractivity contribution < 1.29 is 0 Å². The minimum Gasteiger partial charge on any atom is -0.398 e. The number of anilines is 1. The number of pyridine rings is 1. The van der Waals surface area contributed by atoms with Gasteiger partial charge in [-0.2, -0.15) is 0 Å². The summed E-state index contributed by atoms with van der Waals surface area (Å²) in [6, 6.07) is 7.39. The van der Waals surface area contributed by atoms with E-state index in [9.17, 15) is 4.79 Å². The molecular weight excluding hydrogens is 212 g/mol. The lowest BCUT2D eigenvalue weighted by Crippen LogP contribution is -2.35. The summed E-state index contributed by atoms with van der Waals surface area (Å²) in [6.07, 6.45) is 2.74. The molecule has 2 N–H and O–H groups in total. The quantitative estimate of drug-likeness (QED) is 0.806. The molecule has 1 aromatic carbocycles. The highest BCUT2D eigenvalue weighted by Crippen LogP contribution is 2.21. The Morgan fingerprint density at radius 1 is 1.24 bits per heavy atom. The van der Waals surface area contributed by atoms with Crippen LogP contribution in [0.25, 0.3) is 10.8 Å². The summed E-state index contributed by atoms with van der Waals surface area (Å²) in [5.74, 6) is 0. The van der Waals surface area contributed by atoms with Gasteiger partial charge >= 0.3 is 0 Å². The molecule has 0 unspecified atom stereocenters. The number of hydrogen-bond acceptors (Lipinski definition) is 2. The van der Waals surface area contributed by atoms with Gasteiger partial charge in [0.2, 0.25) is 0 Å². The second kappa shape index (κ2) is 3.91. The second-order valence-corrected chi connectivity index (χ2v) is 4.97. The van der Waals surface area contributed by atoms with Gasteiger partial charge < -0.3 is 10.3 Å². The number of nitrogen functional groups attached to an aromatic ring is 1. The van der Waals surface area contributed by atoms with Gasteiger partial charge in [-0.05, 0) is 38.5 Å². The molecule has 3 nitrogen and oxygen atoms in total. The fourth-order valence-corrected chi connectivity index (χ4v) is 1.95. The SMILES string of the molecule is CCC(C)(C)n1ccc2c(N)cccc2c1=O. The molecule has 0 saturated heterocycles. The van der Waals surface area contributed by atoms with Crippen molar-refractivity contribution in [2.75, 3.05) is 5.73 Å². The van der Waals surface area contributed by atoms with Crippen LogP contribution in [0.4, 0.5) is 5.69 Å². The summed E-state index contributed by atoms with van der Waals surface area (Å²) in [4.78, 5) is 12.4. The molecule has 0 amide bonds. The van der Waals surface area contributed by atoms with Crippen LogP contribution in [0.5, 0.6) is 0 Å². The standard InChI is InChI=1S/C14H18N2O/c1-4-14(2,3)16-9-8-10-11(13(16)17)6-5-7-12(10)15/h5-9H,4,15H2,1-3H3. The second-order valence-electron chi connectivity index (χ2n) is 4.97. The highest BCUT2D eigenvalue weighted by molar-refractivity contribution is 5.91. The van der Waals surface area contributed by atoms with E-state index in [4.69, 9.17) is 5.73 Å². The van der Waals surface area contributed by atoms with Gasteiger partial charge in [-0.3, -0.25) is 4.79 Å². The zero-order valence-electron chi connectivity index (χ0n) is 10.5. The van der Waals surface area contributed by atoms with Crippen LogP contribution in [0.3, 0.4) is 0 Å². The van der Waals surface area contributed by atoms with Gasteiger partial charge in [0.05, 0.1) is 0 Å². The molecule has 0 fully saturated rings. The molecule has 0 aliphatic rings. The summed E-state index contributed by atoms with van der Waals surface area (Å²) >= 11 is 0. The van der Waals surface area contributed by atoms with Crippen molar-refractivity contribution in [2.24, 2.45) is 0 Å². The zero-order valence-corrected chi connectivity index (χ0v) is 10.5. The van der Waals surface area contributed by atoms with E-state index in [1.165, 1.54) is 0 Å². The molecule has 0 radical (unpaired) electrons. The van der Waals surface area contributed by atoms with Gasteiger partial charge in [-0.15, -0.1) is 0 Å². The maximum atomic E-state index is 12.4. The van der Waals surface area contributed by atoms with Crippen LogP contribution >= 0.6 is 0 Å². The van der Waals surface area contributed by atoms with E-state index in [0.717, 1.165) is 11.8 Å². The first-order chi connectivity index (χ1) is 7.97. The summed E-state index contributed by atoms with van der Waals surface area (Å²) in [6.45, 7) is 6.20. The number of nitrogens with two attached hydrogens (primary N) is 1. The van der Waals surface area contributed by atoms with Crippen molar-refractivity contribution in [1.29, 1.82) is 0 Å². The normalized spacial score (nSPS) is 11.9. The molecule has 0 spiro atoms. The van der Waals surface area contributed by atoms with E-state index in [1.54, 1.807) is 4.57 Å². The highest BCUT2D eigenvalue weighted by atomic mass is 16.1. The third-order valence-corrected chi connectivity index (χ3v) is 3.50. The smallest absolute Gasteiger partial charge is 0.258 e. The first kappa shape index (κ1) is 11.7. The topological polar surface area (TPSA) is 48.0 Å². The molecule has 0 aliphatic heterocycles.